The molecule has 0 aliphatic carbocycles. The van der Waals surface area contributed by atoms with Crippen LogP contribution >= 0.6 is 23.1 Å². The van der Waals surface area contributed by atoms with Gasteiger partial charge in [-0.1, -0.05) is 35.9 Å². The summed E-state index contributed by atoms with van der Waals surface area (Å²) in [4.78, 5) is 11.5. The summed E-state index contributed by atoms with van der Waals surface area (Å²) < 4.78 is 0. The molecule has 0 saturated heterocycles. The Hall–Kier alpha value is -2.63. The van der Waals surface area contributed by atoms with Gasteiger partial charge in [-0.15, -0.1) is 23.1 Å². The van der Waals surface area contributed by atoms with Crippen molar-refractivity contribution in [3.05, 3.63) is 72.4 Å². The molecule has 134 valence electrons. The van der Waals surface area contributed by atoms with E-state index in [0.717, 1.165) is 32.3 Å². The number of hydrogen-bond donors (Lipinski definition) is 1. The third-order valence-electron chi connectivity index (χ3n) is 4.30. The van der Waals surface area contributed by atoms with Gasteiger partial charge in [-0.3, -0.25) is 0 Å². The molecule has 0 amide bonds. The van der Waals surface area contributed by atoms with Crippen molar-refractivity contribution in [2.24, 2.45) is 0 Å². The summed E-state index contributed by atoms with van der Waals surface area (Å²) in [7, 11) is 0. The molecular weight excluding hydrogens is 370 g/mol. The molecule has 4 aromatic rings. The fourth-order valence-corrected chi connectivity index (χ4v) is 4.45. The Balaban J connectivity index is 1.88. The summed E-state index contributed by atoms with van der Waals surface area (Å²) in [5.41, 5.74) is 11.4. The number of hydrogen-bond acceptors (Lipinski definition) is 5. The zero-order chi connectivity index (χ0) is 18.8. The summed E-state index contributed by atoms with van der Waals surface area (Å²) in [6, 6.07) is 20.9. The predicted molar refractivity (Wildman–Crippen MR) is 117 cm³/mol. The van der Waals surface area contributed by atoms with Crippen LogP contribution in [-0.2, 0) is 0 Å². The first-order valence-corrected chi connectivity index (χ1v) is 10.6. The summed E-state index contributed by atoms with van der Waals surface area (Å²) in [5, 5.41) is 1.00. The van der Waals surface area contributed by atoms with E-state index in [9.17, 15) is 0 Å². The second kappa shape index (κ2) is 7.55. The molecule has 2 N–H and O–H groups in total. The van der Waals surface area contributed by atoms with Crippen LogP contribution in [-0.4, -0.2) is 16.2 Å². The second-order valence-corrected chi connectivity index (χ2v) is 8.14. The van der Waals surface area contributed by atoms with E-state index in [4.69, 9.17) is 10.7 Å². The predicted octanol–water partition coefficient (Wildman–Crippen LogP) is 6.15. The van der Waals surface area contributed by atoms with Crippen molar-refractivity contribution in [3.63, 3.8) is 0 Å². The molecule has 27 heavy (non-hydrogen) atoms. The number of aryl methyl sites for hydroxylation is 1. The standard InChI is InChI=1S/C22H19N3S2/c1-14-4-3-5-16(12-14)20-21(17-10-11-24-19(23)13-17)27-22(25-20)15-6-8-18(26-2)9-7-15/h3-13H,1-2H3,(H2,23,24). The fourth-order valence-electron chi connectivity index (χ4n) is 2.95. The van der Waals surface area contributed by atoms with Crippen molar-refractivity contribution >= 4 is 28.9 Å². The molecule has 4 rings (SSSR count). The number of thioether (sulfide) groups is 1. The zero-order valence-corrected chi connectivity index (χ0v) is 16.8. The SMILES string of the molecule is CSc1ccc(-c2nc(-c3cccc(C)c3)c(-c3ccnc(N)c3)s2)cc1. The van der Waals surface area contributed by atoms with Gasteiger partial charge >= 0.3 is 0 Å². The van der Waals surface area contributed by atoms with Crippen molar-refractivity contribution < 1.29 is 0 Å². The van der Waals surface area contributed by atoms with Gasteiger partial charge in [-0.25, -0.2) is 9.97 Å². The number of aromatic nitrogens is 2. The Morgan fingerprint density at radius 2 is 1.74 bits per heavy atom. The lowest BCUT2D eigenvalue weighted by molar-refractivity contribution is 1.33. The number of anilines is 1. The van der Waals surface area contributed by atoms with Crippen molar-refractivity contribution in [2.75, 3.05) is 12.0 Å². The van der Waals surface area contributed by atoms with Crippen LogP contribution in [0, 0.1) is 6.92 Å². The number of nitrogens with zero attached hydrogens (tertiary/aromatic N) is 2. The smallest absolute Gasteiger partial charge is 0.124 e. The highest BCUT2D eigenvalue weighted by atomic mass is 32.2. The average Bonchev–Trinajstić information content (AvgIpc) is 3.14. The Morgan fingerprint density at radius 1 is 0.926 bits per heavy atom. The summed E-state index contributed by atoms with van der Waals surface area (Å²) >= 11 is 3.43. The average molecular weight is 390 g/mol. The van der Waals surface area contributed by atoms with Crippen molar-refractivity contribution in [3.8, 4) is 32.3 Å². The Morgan fingerprint density at radius 3 is 2.44 bits per heavy atom. The molecule has 2 aromatic heterocycles. The molecule has 0 atom stereocenters. The molecule has 0 aliphatic heterocycles. The molecule has 5 heteroatoms. The quantitative estimate of drug-likeness (QED) is 0.425. The Kier molecular flexibility index (Phi) is 4.97. The topological polar surface area (TPSA) is 51.8 Å². The number of rotatable bonds is 4. The fraction of sp³-hybridized carbons (Fsp3) is 0.0909. The van der Waals surface area contributed by atoms with Crippen LogP contribution in [0.3, 0.4) is 0 Å². The van der Waals surface area contributed by atoms with Crippen LogP contribution in [0.2, 0.25) is 0 Å². The minimum atomic E-state index is 0.516. The van der Waals surface area contributed by atoms with E-state index in [1.54, 1.807) is 29.3 Å². The van der Waals surface area contributed by atoms with E-state index in [-0.39, 0.29) is 0 Å². The van der Waals surface area contributed by atoms with Gasteiger partial charge in [0.25, 0.3) is 0 Å². The van der Waals surface area contributed by atoms with Crippen LogP contribution in [0.15, 0.2) is 71.8 Å². The van der Waals surface area contributed by atoms with Gasteiger partial charge < -0.3 is 5.73 Å². The van der Waals surface area contributed by atoms with Gasteiger partial charge in [0.15, 0.2) is 0 Å². The van der Waals surface area contributed by atoms with Crippen LogP contribution in [0.1, 0.15) is 5.56 Å². The van der Waals surface area contributed by atoms with Crippen LogP contribution in [0.25, 0.3) is 32.3 Å². The van der Waals surface area contributed by atoms with Gasteiger partial charge in [0.2, 0.25) is 0 Å². The number of pyridine rings is 1. The molecule has 0 fully saturated rings. The number of nitrogens with two attached hydrogens (primary N) is 1. The lowest BCUT2D eigenvalue weighted by atomic mass is 10.1. The van der Waals surface area contributed by atoms with E-state index in [1.807, 2.05) is 12.1 Å². The third kappa shape index (κ3) is 3.75. The molecule has 3 nitrogen and oxygen atoms in total. The molecule has 0 radical (unpaired) electrons. The Labute approximate surface area is 167 Å². The van der Waals surface area contributed by atoms with Gasteiger partial charge in [0.05, 0.1) is 10.6 Å². The van der Waals surface area contributed by atoms with Gasteiger partial charge in [-0.05, 0) is 49.1 Å². The lowest BCUT2D eigenvalue weighted by Gasteiger charge is -2.04. The molecule has 2 aromatic carbocycles. The van der Waals surface area contributed by atoms with Gasteiger partial charge in [-0.2, -0.15) is 0 Å². The van der Waals surface area contributed by atoms with Gasteiger partial charge in [0.1, 0.15) is 10.8 Å². The molecule has 0 unspecified atom stereocenters. The van der Waals surface area contributed by atoms with Gasteiger partial charge in [0, 0.05) is 22.2 Å². The van der Waals surface area contributed by atoms with Crippen LogP contribution < -0.4 is 5.73 Å². The normalized spacial score (nSPS) is 10.9. The van der Waals surface area contributed by atoms with E-state index in [2.05, 4.69) is 66.7 Å². The summed E-state index contributed by atoms with van der Waals surface area (Å²) in [5.74, 6) is 0.516. The number of thiazole rings is 1. The minimum absolute atomic E-state index is 0.516. The molecular formula is C22H19N3S2. The summed E-state index contributed by atoms with van der Waals surface area (Å²) in [6.07, 6.45) is 3.83. The maximum atomic E-state index is 5.93. The number of benzene rings is 2. The molecule has 0 bridgehead atoms. The van der Waals surface area contributed by atoms with Crippen molar-refractivity contribution in [2.45, 2.75) is 11.8 Å². The second-order valence-electron chi connectivity index (χ2n) is 6.26. The molecule has 0 spiro atoms. The third-order valence-corrected chi connectivity index (χ3v) is 6.20. The maximum Gasteiger partial charge on any atom is 0.124 e. The molecule has 0 saturated carbocycles. The largest absolute Gasteiger partial charge is 0.384 e. The number of nitrogen functional groups attached to an aromatic ring is 1. The van der Waals surface area contributed by atoms with E-state index in [0.29, 0.717) is 5.82 Å². The van der Waals surface area contributed by atoms with Crippen LogP contribution in [0.5, 0.6) is 0 Å². The lowest BCUT2D eigenvalue weighted by Crippen LogP contribution is -1.89. The first-order valence-electron chi connectivity index (χ1n) is 8.58. The maximum absolute atomic E-state index is 5.93. The zero-order valence-electron chi connectivity index (χ0n) is 15.1. The minimum Gasteiger partial charge on any atom is -0.384 e. The first-order chi connectivity index (χ1) is 13.1. The van der Waals surface area contributed by atoms with Crippen molar-refractivity contribution in [1.29, 1.82) is 0 Å². The Bertz CT molecular complexity index is 1020. The highest BCUT2D eigenvalue weighted by Crippen LogP contribution is 2.41. The van der Waals surface area contributed by atoms with Crippen LogP contribution in [0.4, 0.5) is 5.82 Å². The monoisotopic (exact) mass is 389 g/mol. The highest BCUT2D eigenvalue weighted by molar-refractivity contribution is 7.98. The highest BCUT2D eigenvalue weighted by Gasteiger charge is 2.16. The molecule has 2 heterocycles. The first kappa shape index (κ1) is 17.8. The van der Waals surface area contributed by atoms with E-state index in [1.165, 1.54) is 10.5 Å². The molecule has 0 aliphatic rings. The van der Waals surface area contributed by atoms with E-state index < -0.39 is 0 Å². The summed E-state index contributed by atoms with van der Waals surface area (Å²) in [6.45, 7) is 2.10. The van der Waals surface area contributed by atoms with Crippen molar-refractivity contribution in [1.82, 2.24) is 9.97 Å². The van der Waals surface area contributed by atoms with E-state index >= 15 is 0 Å².